The summed E-state index contributed by atoms with van der Waals surface area (Å²) >= 11 is 3.56. The van der Waals surface area contributed by atoms with Crippen LogP contribution < -0.4 is 0 Å². The van der Waals surface area contributed by atoms with E-state index in [1.54, 1.807) is 6.20 Å². The number of rotatable bonds is 2. The maximum absolute atomic E-state index is 5.18. The molecule has 0 radical (unpaired) electrons. The molecule has 4 aromatic rings. The monoisotopic (exact) mass is 432 g/mol. The Kier molecular flexibility index (Phi) is 4.16. The van der Waals surface area contributed by atoms with Gasteiger partial charge in [-0.15, -0.1) is 12.4 Å². The highest BCUT2D eigenvalue weighted by molar-refractivity contribution is 9.10. The molecular weight excluding hydrogens is 420 g/mol. The lowest BCUT2D eigenvalue weighted by atomic mass is 10.1. The van der Waals surface area contributed by atoms with Gasteiger partial charge in [0.1, 0.15) is 5.76 Å². The van der Waals surface area contributed by atoms with Crippen molar-refractivity contribution < 1.29 is 4.52 Å². The van der Waals surface area contributed by atoms with E-state index >= 15 is 0 Å². The molecule has 1 aliphatic heterocycles. The predicted molar refractivity (Wildman–Crippen MR) is 101 cm³/mol. The maximum atomic E-state index is 5.18. The molecule has 0 saturated carbocycles. The Morgan fingerprint density at radius 1 is 1.27 bits per heavy atom. The summed E-state index contributed by atoms with van der Waals surface area (Å²) in [4.78, 5) is 9.24. The lowest BCUT2D eigenvalue weighted by Crippen LogP contribution is -2.06. The lowest BCUT2D eigenvalue weighted by Gasteiger charge is -2.08. The number of halogens is 2. The number of aromatic nitrogens is 6. The van der Waals surface area contributed by atoms with E-state index in [1.165, 1.54) is 0 Å². The van der Waals surface area contributed by atoms with Crippen LogP contribution in [0.4, 0.5) is 0 Å². The SMILES string of the molecule is Cc1ncn2c1Cn1nc(Cc3ccno3)nc1-c1cc(Br)ccc1-2.Cl. The highest BCUT2D eigenvalue weighted by Gasteiger charge is 2.24. The Morgan fingerprint density at radius 2 is 2.15 bits per heavy atom. The number of imidazole rings is 1. The summed E-state index contributed by atoms with van der Waals surface area (Å²) in [7, 11) is 0. The van der Waals surface area contributed by atoms with E-state index in [1.807, 2.05) is 30.1 Å². The summed E-state index contributed by atoms with van der Waals surface area (Å²) in [5.41, 5.74) is 4.17. The van der Waals surface area contributed by atoms with E-state index in [2.05, 4.69) is 42.8 Å². The van der Waals surface area contributed by atoms with Gasteiger partial charge < -0.3 is 9.09 Å². The number of hydrogen-bond donors (Lipinski definition) is 0. The van der Waals surface area contributed by atoms with Crippen molar-refractivity contribution in [2.45, 2.75) is 19.9 Å². The fraction of sp³-hybridized carbons (Fsp3) is 0.176. The van der Waals surface area contributed by atoms with Crippen molar-refractivity contribution in [3.05, 3.63) is 64.2 Å². The maximum Gasteiger partial charge on any atom is 0.160 e. The molecule has 0 unspecified atom stereocenters. The smallest absolute Gasteiger partial charge is 0.160 e. The Labute approximate surface area is 163 Å². The van der Waals surface area contributed by atoms with Crippen LogP contribution in [-0.2, 0) is 13.0 Å². The largest absolute Gasteiger partial charge is 0.361 e. The quantitative estimate of drug-likeness (QED) is 0.425. The van der Waals surface area contributed by atoms with Gasteiger partial charge in [-0.05, 0) is 25.1 Å². The van der Waals surface area contributed by atoms with Crippen molar-refractivity contribution in [2.24, 2.45) is 0 Å². The molecule has 132 valence electrons. The van der Waals surface area contributed by atoms with Crippen LogP contribution in [-0.4, -0.2) is 29.5 Å². The molecule has 7 nitrogen and oxygen atoms in total. The molecular formula is C17H14BrClN6O. The predicted octanol–water partition coefficient (Wildman–Crippen LogP) is 3.56. The van der Waals surface area contributed by atoms with Crippen LogP contribution in [0.1, 0.15) is 23.0 Å². The molecule has 5 rings (SSSR count). The van der Waals surface area contributed by atoms with Crippen molar-refractivity contribution in [1.82, 2.24) is 29.5 Å². The van der Waals surface area contributed by atoms with Crippen molar-refractivity contribution in [1.29, 1.82) is 0 Å². The molecule has 0 bridgehead atoms. The van der Waals surface area contributed by atoms with Gasteiger partial charge in [0.05, 0.1) is 42.6 Å². The van der Waals surface area contributed by atoms with E-state index in [4.69, 9.17) is 14.6 Å². The molecule has 1 aromatic carbocycles. The zero-order valence-electron chi connectivity index (χ0n) is 13.8. The van der Waals surface area contributed by atoms with Gasteiger partial charge in [0.15, 0.2) is 11.6 Å². The van der Waals surface area contributed by atoms with Gasteiger partial charge >= 0.3 is 0 Å². The van der Waals surface area contributed by atoms with E-state index in [-0.39, 0.29) is 12.4 Å². The second kappa shape index (κ2) is 6.37. The standard InChI is InChI=1S/C17H13BrN6O.ClH/c1-10-15-8-24-17(21-16(22-24)7-12-4-5-20-25-12)13-6-11(18)2-3-14(13)23(15)9-19-10;/h2-6,9H,7-8H2,1H3;1H. The normalized spacial score (nSPS) is 11.9. The minimum Gasteiger partial charge on any atom is -0.361 e. The summed E-state index contributed by atoms with van der Waals surface area (Å²) in [6.45, 7) is 2.64. The zero-order valence-corrected chi connectivity index (χ0v) is 16.2. The Balaban J connectivity index is 0.00000168. The summed E-state index contributed by atoms with van der Waals surface area (Å²) < 4.78 is 10.2. The van der Waals surface area contributed by atoms with E-state index in [9.17, 15) is 0 Å². The molecule has 0 fully saturated rings. The highest BCUT2D eigenvalue weighted by Crippen LogP contribution is 2.33. The molecule has 3 aromatic heterocycles. The highest BCUT2D eigenvalue weighted by atomic mass is 79.9. The number of nitrogens with zero attached hydrogens (tertiary/aromatic N) is 6. The minimum absolute atomic E-state index is 0. The van der Waals surface area contributed by atoms with Crippen LogP contribution >= 0.6 is 28.3 Å². The number of benzene rings is 1. The van der Waals surface area contributed by atoms with E-state index in [0.717, 1.165) is 38.7 Å². The summed E-state index contributed by atoms with van der Waals surface area (Å²) in [5.74, 6) is 2.30. The van der Waals surface area contributed by atoms with Crippen LogP contribution in [0.2, 0.25) is 0 Å². The van der Waals surface area contributed by atoms with Gasteiger partial charge in [0.2, 0.25) is 0 Å². The number of aryl methyl sites for hydroxylation is 1. The van der Waals surface area contributed by atoms with Gasteiger partial charge in [0.25, 0.3) is 0 Å². The van der Waals surface area contributed by atoms with Gasteiger partial charge in [-0.2, -0.15) is 5.10 Å². The zero-order chi connectivity index (χ0) is 17.0. The van der Waals surface area contributed by atoms with Gasteiger partial charge in [0, 0.05) is 16.1 Å². The fourth-order valence-electron chi connectivity index (χ4n) is 3.16. The summed E-state index contributed by atoms with van der Waals surface area (Å²) in [6, 6.07) is 8.00. The molecule has 0 N–H and O–H groups in total. The third kappa shape index (κ3) is 2.65. The summed E-state index contributed by atoms with van der Waals surface area (Å²) in [5, 5.41) is 8.44. The first-order valence-corrected chi connectivity index (χ1v) is 8.65. The Morgan fingerprint density at radius 3 is 2.96 bits per heavy atom. The molecule has 9 heteroatoms. The van der Waals surface area contributed by atoms with Crippen LogP contribution in [0.25, 0.3) is 17.1 Å². The molecule has 1 aliphatic rings. The number of fused-ring (bicyclic) bond motifs is 5. The average molecular weight is 434 g/mol. The minimum atomic E-state index is 0. The van der Waals surface area contributed by atoms with Gasteiger partial charge in [-0.1, -0.05) is 21.1 Å². The third-order valence-electron chi connectivity index (χ3n) is 4.37. The van der Waals surface area contributed by atoms with Crippen LogP contribution in [0, 0.1) is 6.92 Å². The van der Waals surface area contributed by atoms with E-state index < -0.39 is 0 Å². The molecule has 0 spiro atoms. The molecule has 0 saturated heterocycles. The van der Waals surface area contributed by atoms with Crippen LogP contribution in [0.15, 0.2) is 45.8 Å². The first kappa shape index (κ1) is 17.0. The molecule has 0 aliphatic carbocycles. The Bertz CT molecular complexity index is 1090. The topological polar surface area (TPSA) is 74.6 Å². The number of hydrogen-bond acceptors (Lipinski definition) is 5. The summed E-state index contributed by atoms with van der Waals surface area (Å²) in [6.07, 6.45) is 4.01. The van der Waals surface area contributed by atoms with E-state index in [0.29, 0.717) is 18.8 Å². The Hall–Kier alpha value is -2.45. The first-order valence-electron chi connectivity index (χ1n) is 7.85. The molecule has 0 amide bonds. The second-order valence-corrected chi connectivity index (χ2v) is 6.89. The molecule has 0 atom stereocenters. The van der Waals surface area contributed by atoms with Crippen molar-refractivity contribution >= 4 is 28.3 Å². The third-order valence-corrected chi connectivity index (χ3v) is 4.87. The van der Waals surface area contributed by atoms with Gasteiger partial charge in [-0.3, -0.25) is 0 Å². The molecule has 26 heavy (non-hydrogen) atoms. The van der Waals surface area contributed by atoms with Crippen molar-refractivity contribution in [2.75, 3.05) is 0 Å². The van der Waals surface area contributed by atoms with Crippen molar-refractivity contribution in [3.8, 4) is 17.1 Å². The van der Waals surface area contributed by atoms with Crippen LogP contribution in [0.3, 0.4) is 0 Å². The van der Waals surface area contributed by atoms with Crippen molar-refractivity contribution in [3.63, 3.8) is 0 Å². The van der Waals surface area contributed by atoms with Crippen LogP contribution in [0.5, 0.6) is 0 Å². The molecule has 4 heterocycles. The average Bonchev–Trinajstić information content (AvgIpc) is 3.30. The lowest BCUT2D eigenvalue weighted by molar-refractivity contribution is 0.387. The van der Waals surface area contributed by atoms with Gasteiger partial charge in [-0.25, -0.2) is 14.6 Å². The first-order chi connectivity index (χ1) is 12.2. The second-order valence-electron chi connectivity index (χ2n) is 5.97. The fourth-order valence-corrected chi connectivity index (χ4v) is 3.52.